The largest absolute Gasteiger partial charge is 0.416 e. The van der Waals surface area contributed by atoms with Gasteiger partial charge in [0.2, 0.25) is 5.91 Å². The summed E-state index contributed by atoms with van der Waals surface area (Å²) in [4.78, 5) is 16.4. The van der Waals surface area contributed by atoms with E-state index in [-0.39, 0.29) is 18.8 Å². The van der Waals surface area contributed by atoms with Crippen molar-refractivity contribution in [2.24, 2.45) is 0 Å². The minimum absolute atomic E-state index is 0.114. The second-order valence-electron chi connectivity index (χ2n) is 5.38. The van der Waals surface area contributed by atoms with Crippen LogP contribution in [0.4, 0.5) is 18.9 Å². The molecule has 1 heterocycles. The first kappa shape index (κ1) is 17.0. The van der Waals surface area contributed by atoms with Crippen molar-refractivity contribution in [3.63, 3.8) is 0 Å². The molecule has 0 radical (unpaired) electrons. The van der Waals surface area contributed by atoms with Gasteiger partial charge in [-0.15, -0.1) is 0 Å². The lowest BCUT2D eigenvalue weighted by molar-refractivity contribution is -0.137. The molecular formula is C17H14F3N3O2. The number of nitrogens with one attached hydrogen (secondary N) is 1. The van der Waals surface area contributed by atoms with E-state index in [1.807, 2.05) is 0 Å². The summed E-state index contributed by atoms with van der Waals surface area (Å²) in [6, 6.07) is 11.3. The maximum Gasteiger partial charge on any atom is 0.416 e. The summed E-state index contributed by atoms with van der Waals surface area (Å²) in [5.74, 6) is -0.0959. The number of carbonyl (C=O) groups excluding carboxylic acids is 1. The fourth-order valence-electron chi connectivity index (χ4n) is 2.51. The molecule has 0 aliphatic rings. The van der Waals surface area contributed by atoms with Crippen LogP contribution in [0.15, 0.2) is 48.5 Å². The number of aliphatic hydroxyl groups excluding tert-OH is 1. The van der Waals surface area contributed by atoms with Gasteiger partial charge in [-0.3, -0.25) is 4.79 Å². The van der Waals surface area contributed by atoms with Crippen LogP contribution in [0.5, 0.6) is 0 Å². The monoisotopic (exact) mass is 349 g/mol. The van der Waals surface area contributed by atoms with E-state index in [1.165, 1.54) is 12.1 Å². The molecule has 130 valence electrons. The first-order chi connectivity index (χ1) is 11.9. The van der Waals surface area contributed by atoms with Crippen molar-refractivity contribution in [1.29, 1.82) is 0 Å². The predicted molar refractivity (Wildman–Crippen MR) is 85.7 cm³/mol. The number of amides is 1. The number of carbonyl (C=O) groups is 1. The van der Waals surface area contributed by atoms with Crippen LogP contribution >= 0.6 is 0 Å². The van der Waals surface area contributed by atoms with E-state index < -0.39 is 17.6 Å². The molecule has 8 heteroatoms. The Morgan fingerprint density at radius 1 is 1.12 bits per heavy atom. The van der Waals surface area contributed by atoms with Crippen molar-refractivity contribution >= 4 is 22.6 Å². The minimum atomic E-state index is -4.42. The van der Waals surface area contributed by atoms with Crippen LogP contribution in [-0.4, -0.2) is 20.6 Å². The van der Waals surface area contributed by atoms with Gasteiger partial charge in [0.15, 0.2) is 0 Å². The molecule has 0 aliphatic carbocycles. The number of imidazole rings is 1. The molecule has 0 spiro atoms. The van der Waals surface area contributed by atoms with Crippen LogP contribution in [0.1, 0.15) is 11.4 Å². The van der Waals surface area contributed by atoms with Gasteiger partial charge in [0, 0.05) is 5.69 Å². The lowest BCUT2D eigenvalue weighted by atomic mass is 10.2. The highest BCUT2D eigenvalue weighted by atomic mass is 19.4. The molecular weight excluding hydrogens is 335 g/mol. The molecule has 2 N–H and O–H groups in total. The number of aromatic nitrogens is 2. The number of hydrogen-bond acceptors (Lipinski definition) is 3. The molecule has 0 saturated heterocycles. The lowest BCUT2D eigenvalue weighted by Crippen LogP contribution is -2.20. The molecule has 3 aromatic rings. The number of hydrogen-bond donors (Lipinski definition) is 2. The predicted octanol–water partition coefficient (Wildman–Crippen LogP) is 3.19. The maximum atomic E-state index is 12.5. The molecule has 0 saturated carbocycles. The molecule has 3 rings (SSSR count). The first-order valence-corrected chi connectivity index (χ1v) is 7.40. The quantitative estimate of drug-likeness (QED) is 0.760. The summed E-state index contributed by atoms with van der Waals surface area (Å²) in [5, 5.41) is 11.9. The van der Waals surface area contributed by atoms with Crippen molar-refractivity contribution < 1.29 is 23.1 Å². The molecule has 25 heavy (non-hydrogen) atoms. The summed E-state index contributed by atoms with van der Waals surface area (Å²) < 4.78 is 39.2. The molecule has 0 unspecified atom stereocenters. The number of rotatable bonds is 4. The Morgan fingerprint density at radius 3 is 2.44 bits per heavy atom. The number of aliphatic hydroxyl groups is 1. The van der Waals surface area contributed by atoms with E-state index in [1.54, 1.807) is 28.8 Å². The van der Waals surface area contributed by atoms with Crippen LogP contribution < -0.4 is 5.32 Å². The van der Waals surface area contributed by atoms with Crippen molar-refractivity contribution in [1.82, 2.24) is 9.55 Å². The average molecular weight is 349 g/mol. The van der Waals surface area contributed by atoms with E-state index in [0.717, 1.165) is 12.1 Å². The Morgan fingerprint density at radius 2 is 1.80 bits per heavy atom. The maximum absolute atomic E-state index is 12.5. The molecule has 0 fully saturated rings. The third-order valence-corrected chi connectivity index (χ3v) is 3.67. The molecule has 5 nitrogen and oxygen atoms in total. The number of fused-ring (bicyclic) bond motifs is 1. The van der Waals surface area contributed by atoms with Crippen molar-refractivity contribution in [3.05, 3.63) is 59.9 Å². The van der Waals surface area contributed by atoms with Gasteiger partial charge in [-0.05, 0) is 36.4 Å². The van der Waals surface area contributed by atoms with Crippen LogP contribution in [0.25, 0.3) is 11.0 Å². The van der Waals surface area contributed by atoms with Crippen molar-refractivity contribution in [2.75, 3.05) is 5.32 Å². The Balaban J connectivity index is 1.77. The number of nitrogens with zero attached hydrogens (tertiary/aromatic N) is 2. The Kier molecular flexibility index (Phi) is 4.45. The Hall–Kier alpha value is -2.87. The molecule has 1 amide bonds. The second kappa shape index (κ2) is 6.56. The highest BCUT2D eigenvalue weighted by molar-refractivity contribution is 5.91. The number of benzene rings is 2. The van der Waals surface area contributed by atoms with Gasteiger partial charge < -0.3 is 15.0 Å². The highest BCUT2D eigenvalue weighted by Crippen LogP contribution is 2.29. The smallest absolute Gasteiger partial charge is 0.388 e. The standard InChI is InChI=1S/C17H14F3N3O2/c18-17(19,20)11-5-7-12(8-6-11)21-16(25)9-23-14-4-2-1-3-13(14)22-15(23)10-24/h1-8,24H,9-10H2,(H,21,25). The number of halogens is 3. The topological polar surface area (TPSA) is 67.2 Å². The van der Waals surface area contributed by atoms with Crippen LogP contribution in [-0.2, 0) is 24.1 Å². The van der Waals surface area contributed by atoms with E-state index in [0.29, 0.717) is 16.9 Å². The Labute approximate surface area is 140 Å². The van der Waals surface area contributed by atoms with Gasteiger partial charge in [-0.25, -0.2) is 4.98 Å². The molecule has 0 bridgehead atoms. The summed E-state index contributed by atoms with van der Waals surface area (Å²) in [6.07, 6.45) is -4.42. The first-order valence-electron chi connectivity index (χ1n) is 7.40. The SMILES string of the molecule is O=C(Cn1c(CO)nc2ccccc21)Nc1ccc(C(F)(F)F)cc1. The summed E-state index contributed by atoms with van der Waals surface area (Å²) >= 11 is 0. The van der Waals surface area contributed by atoms with Gasteiger partial charge in [0.05, 0.1) is 16.6 Å². The van der Waals surface area contributed by atoms with Gasteiger partial charge >= 0.3 is 6.18 Å². The minimum Gasteiger partial charge on any atom is -0.388 e. The molecule has 1 aromatic heterocycles. The summed E-state index contributed by atoms with van der Waals surface area (Å²) in [5.41, 5.74) is 0.810. The third kappa shape index (κ3) is 3.63. The van der Waals surface area contributed by atoms with Crippen molar-refractivity contribution in [2.45, 2.75) is 19.3 Å². The average Bonchev–Trinajstić information content (AvgIpc) is 2.92. The third-order valence-electron chi connectivity index (χ3n) is 3.67. The number of alkyl halides is 3. The van der Waals surface area contributed by atoms with Gasteiger partial charge in [0.25, 0.3) is 0 Å². The van der Waals surface area contributed by atoms with Crippen LogP contribution in [0.2, 0.25) is 0 Å². The fourth-order valence-corrected chi connectivity index (χ4v) is 2.51. The Bertz CT molecular complexity index is 902. The van der Waals surface area contributed by atoms with E-state index >= 15 is 0 Å². The normalized spacial score (nSPS) is 11.7. The summed E-state index contributed by atoms with van der Waals surface area (Å²) in [6.45, 7) is -0.445. The molecule has 2 aromatic carbocycles. The van der Waals surface area contributed by atoms with E-state index in [4.69, 9.17) is 0 Å². The van der Waals surface area contributed by atoms with Crippen LogP contribution in [0, 0.1) is 0 Å². The highest BCUT2D eigenvalue weighted by Gasteiger charge is 2.30. The number of para-hydroxylation sites is 2. The van der Waals surface area contributed by atoms with Crippen LogP contribution in [0.3, 0.4) is 0 Å². The number of anilines is 1. The van der Waals surface area contributed by atoms with E-state index in [2.05, 4.69) is 10.3 Å². The zero-order valence-electron chi connectivity index (χ0n) is 12.9. The van der Waals surface area contributed by atoms with Crippen molar-refractivity contribution in [3.8, 4) is 0 Å². The summed E-state index contributed by atoms with van der Waals surface area (Å²) in [7, 11) is 0. The fraction of sp³-hybridized carbons (Fsp3) is 0.176. The second-order valence-corrected chi connectivity index (χ2v) is 5.38. The van der Waals surface area contributed by atoms with Gasteiger partial charge in [-0.2, -0.15) is 13.2 Å². The molecule has 0 aliphatic heterocycles. The van der Waals surface area contributed by atoms with Gasteiger partial charge in [-0.1, -0.05) is 12.1 Å². The zero-order chi connectivity index (χ0) is 18.0. The van der Waals surface area contributed by atoms with E-state index in [9.17, 15) is 23.1 Å². The van der Waals surface area contributed by atoms with Gasteiger partial charge in [0.1, 0.15) is 19.0 Å². The zero-order valence-corrected chi connectivity index (χ0v) is 12.9. The molecule has 0 atom stereocenters. The lowest BCUT2D eigenvalue weighted by Gasteiger charge is -2.10.